The quantitative estimate of drug-likeness (QED) is 0.831. The number of benzene rings is 2. The zero-order chi connectivity index (χ0) is 15.6. The van der Waals surface area contributed by atoms with Gasteiger partial charge in [-0.2, -0.15) is 13.2 Å². The molecule has 1 nitrogen and oxygen atoms in total. The van der Waals surface area contributed by atoms with Gasteiger partial charge in [0, 0.05) is 6.42 Å². The maximum absolute atomic E-state index is 13.2. The molecule has 1 atom stereocenters. The first-order chi connectivity index (χ1) is 9.77. The van der Waals surface area contributed by atoms with E-state index >= 15 is 0 Å². The van der Waals surface area contributed by atoms with Crippen LogP contribution in [0.1, 0.15) is 28.4 Å². The van der Waals surface area contributed by atoms with Gasteiger partial charge in [0.05, 0.1) is 11.7 Å². The van der Waals surface area contributed by atoms with Gasteiger partial charge in [0.15, 0.2) is 0 Å². The average Bonchev–Trinajstić information content (AvgIpc) is 2.40. The molecule has 2 aromatic rings. The Morgan fingerprint density at radius 2 is 1.67 bits per heavy atom. The van der Waals surface area contributed by atoms with Crippen molar-refractivity contribution in [3.05, 3.63) is 70.5 Å². The molecule has 0 saturated heterocycles. The molecule has 0 amide bonds. The lowest BCUT2D eigenvalue weighted by Gasteiger charge is -2.14. The zero-order valence-corrected chi connectivity index (χ0v) is 11.3. The number of rotatable bonds is 3. The van der Waals surface area contributed by atoms with Gasteiger partial charge in [-0.05, 0) is 30.2 Å². The first kappa shape index (κ1) is 15.5. The molecule has 1 N–H and O–H groups in total. The lowest BCUT2D eigenvalue weighted by molar-refractivity contribution is -0.140. The molecule has 0 aliphatic heterocycles. The van der Waals surface area contributed by atoms with Crippen LogP contribution in [0, 0.1) is 12.7 Å². The highest BCUT2D eigenvalue weighted by molar-refractivity contribution is 5.30. The number of halogens is 4. The van der Waals surface area contributed by atoms with E-state index < -0.39 is 23.7 Å². The summed E-state index contributed by atoms with van der Waals surface area (Å²) in [4.78, 5) is 0. The van der Waals surface area contributed by atoms with Crippen LogP contribution in [0.4, 0.5) is 17.6 Å². The fourth-order valence-corrected chi connectivity index (χ4v) is 2.03. The van der Waals surface area contributed by atoms with Crippen molar-refractivity contribution in [3.63, 3.8) is 0 Å². The fourth-order valence-electron chi connectivity index (χ4n) is 2.03. The van der Waals surface area contributed by atoms with E-state index in [-0.39, 0.29) is 12.0 Å². The highest BCUT2D eigenvalue weighted by Crippen LogP contribution is 2.33. The highest BCUT2D eigenvalue weighted by Gasteiger charge is 2.34. The molecule has 0 aliphatic carbocycles. The maximum Gasteiger partial charge on any atom is 0.419 e. The van der Waals surface area contributed by atoms with Gasteiger partial charge in [-0.25, -0.2) is 4.39 Å². The van der Waals surface area contributed by atoms with E-state index in [4.69, 9.17) is 0 Å². The molecular weight excluding hydrogens is 284 g/mol. The fraction of sp³-hybridized carbons (Fsp3) is 0.250. The first-order valence-electron chi connectivity index (χ1n) is 6.37. The van der Waals surface area contributed by atoms with Crippen LogP contribution in [0.25, 0.3) is 0 Å². The Morgan fingerprint density at radius 3 is 2.24 bits per heavy atom. The van der Waals surface area contributed by atoms with Crippen molar-refractivity contribution in [1.82, 2.24) is 0 Å². The second kappa shape index (κ2) is 5.85. The minimum atomic E-state index is -4.77. The van der Waals surface area contributed by atoms with E-state index in [0.29, 0.717) is 6.07 Å². The minimum Gasteiger partial charge on any atom is -0.388 e. The van der Waals surface area contributed by atoms with Crippen molar-refractivity contribution < 1.29 is 22.7 Å². The van der Waals surface area contributed by atoms with E-state index in [1.165, 1.54) is 6.07 Å². The molecular formula is C16H14F4O. The Hall–Kier alpha value is -1.88. The molecule has 21 heavy (non-hydrogen) atoms. The largest absolute Gasteiger partial charge is 0.419 e. The zero-order valence-electron chi connectivity index (χ0n) is 11.3. The smallest absolute Gasteiger partial charge is 0.388 e. The molecule has 2 rings (SSSR count). The minimum absolute atomic E-state index is 0.0456. The highest BCUT2D eigenvalue weighted by atomic mass is 19.4. The van der Waals surface area contributed by atoms with Crippen LogP contribution < -0.4 is 0 Å². The van der Waals surface area contributed by atoms with Crippen molar-refractivity contribution in [3.8, 4) is 0 Å². The van der Waals surface area contributed by atoms with Gasteiger partial charge in [-0.15, -0.1) is 0 Å². The van der Waals surface area contributed by atoms with Gasteiger partial charge in [0.2, 0.25) is 0 Å². The van der Waals surface area contributed by atoms with Crippen molar-refractivity contribution in [2.75, 3.05) is 0 Å². The lowest BCUT2D eigenvalue weighted by atomic mass is 9.99. The van der Waals surface area contributed by atoms with Gasteiger partial charge in [0.25, 0.3) is 0 Å². The summed E-state index contributed by atoms with van der Waals surface area (Å²) in [5.74, 6) is -1.34. The van der Waals surface area contributed by atoms with Crippen LogP contribution >= 0.6 is 0 Å². The summed E-state index contributed by atoms with van der Waals surface area (Å²) in [7, 11) is 0. The number of aryl methyl sites for hydroxylation is 1. The van der Waals surface area contributed by atoms with Gasteiger partial charge in [-0.3, -0.25) is 0 Å². The number of hydrogen-bond acceptors (Lipinski definition) is 1. The molecule has 0 bridgehead atoms. The first-order valence-corrected chi connectivity index (χ1v) is 6.37. The van der Waals surface area contributed by atoms with E-state index in [2.05, 4.69) is 0 Å². The van der Waals surface area contributed by atoms with Crippen LogP contribution in [0.5, 0.6) is 0 Å². The Labute approximate surface area is 119 Å². The Morgan fingerprint density at radius 1 is 1.05 bits per heavy atom. The van der Waals surface area contributed by atoms with Crippen molar-refractivity contribution in [2.45, 2.75) is 25.6 Å². The van der Waals surface area contributed by atoms with Gasteiger partial charge in [-0.1, -0.05) is 35.9 Å². The number of aliphatic hydroxyl groups excluding tert-OH is 1. The Bertz CT molecular complexity index is 617. The third kappa shape index (κ3) is 3.82. The molecule has 112 valence electrons. The molecule has 0 radical (unpaired) electrons. The summed E-state index contributed by atoms with van der Waals surface area (Å²) in [6.07, 6.45) is -5.72. The van der Waals surface area contributed by atoms with E-state index in [1.807, 2.05) is 19.1 Å². The lowest BCUT2D eigenvalue weighted by Crippen LogP contribution is -2.10. The summed E-state index contributed by atoms with van der Waals surface area (Å²) in [5, 5.41) is 10.0. The third-order valence-corrected chi connectivity index (χ3v) is 3.23. The molecule has 0 saturated carbocycles. The van der Waals surface area contributed by atoms with Crippen LogP contribution in [0.15, 0.2) is 42.5 Å². The summed E-state index contributed by atoms with van der Waals surface area (Å²) >= 11 is 0. The van der Waals surface area contributed by atoms with Crippen LogP contribution in [-0.2, 0) is 12.6 Å². The number of aliphatic hydroxyl groups is 1. The molecule has 0 fully saturated rings. The predicted octanol–water partition coefficient (Wildman–Crippen LogP) is 4.43. The van der Waals surface area contributed by atoms with Gasteiger partial charge in [0.1, 0.15) is 5.82 Å². The second-order valence-corrected chi connectivity index (χ2v) is 4.94. The molecule has 2 aromatic carbocycles. The normalized spacial score (nSPS) is 13.2. The van der Waals surface area contributed by atoms with Crippen LogP contribution in [0.3, 0.4) is 0 Å². The number of alkyl halides is 3. The molecule has 0 heterocycles. The van der Waals surface area contributed by atoms with E-state index in [9.17, 15) is 22.7 Å². The van der Waals surface area contributed by atoms with Gasteiger partial charge >= 0.3 is 6.18 Å². The van der Waals surface area contributed by atoms with Crippen LogP contribution in [-0.4, -0.2) is 5.11 Å². The summed E-state index contributed by atoms with van der Waals surface area (Å²) in [5.41, 5.74) is 0.535. The summed E-state index contributed by atoms with van der Waals surface area (Å²) in [6, 6.07) is 9.87. The van der Waals surface area contributed by atoms with Crippen molar-refractivity contribution in [2.24, 2.45) is 0 Å². The van der Waals surface area contributed by atoms with Crippen molar-refractivity contribution in [1.29, 1.82) is 0 Å². The Kier molecular flexibility index (Phi) is 4.32. The standard InChI is InChI=1S/C16H14F4O/c1-10-2-4-11(5-3-10)8-15(21)12-6-7-14(17)13(9-12)16(18,19)20/h2-7,9,15,21H,8H2,1H3. The second-order valence-electron chi connectivity index (χ2n) is 4.94. The number of hydrogen-bond donors (Lipinski definition) is 1. The molecule has 0 aliphatic rings. The van der Waals surface area contributed by atoms with Crippen LogP contribution in [0.2, 0.25) is 0 Å². The molecule has 1 unspecified atom stereocenters. The van der Waals surface area contributed by atoms with E-state index in [0.717, 1.165) is 17.2 Å². The maximum atomic E-state index is 13.2. The van der Waals surface area contributed by atoms with Gasteiger partial charge < -0.3 is 5.11 Å². The summed E-state index contributed by atoms with van der Waals surface area (Å²) in [6.45, 7) is 1.91. The average molecular weight is 298 g/mol. The molecule has 5 heteroatoms. The SMILES string of the molecule is Cc1ccc(CC(O)c2ccc(F)c(C(F)(F)F)c2)cc1. The predicted molar refractivity (Wildman–Crippen MR) is 71.2 cm³/mol. The van der Waals surface area contributed by atoms with Crippen molar-refractivity contribution >= 4 is 0 Å². The summed E-state index contributed by atoms with van der Waals surface area (Å²) < 4.78 is 51.1. The molecule has 0 aromatic heterocycles. The molecule has 0 spiro atoms. The topological polar surface area (TPSA) is 20.2 Å². The van der Waals surface area contributed by atoms with E-state index in [1.54, 1.807) is 12.1 Å². The monoisotopic (exact) mass is 298 g/mol. The third-order valence-electron chi connectivity index (χ3n) is 3.23. The Balaban J connectivity index is 2.23.